The predicted octanol–water partition coefficient (Wildman–Crippen LogP) is 2.21. The number of hydrogen-bond donors (Lipinski definition) is 1. The van der Waals surface area contributed by atoms with Gasteiger partial charge in [0.15, 0.2) is 5.69 Å². The minimum atomic E-state index is 0.0117. The maximum Gasteiger partial charge on any atom is 0.276 e. The summed E-state index contributed by atoms with van der Waals surface area (Å²) in [6.45, 7) is 3.45. The summed E-state index contributed by atoms with van der Waals surface area (Å²) in [4.78, 5) is 22.3. The van der Waals surface area contributed by atoms with Crippen LogP contribution < -0.4 is 0 Å². The van der Waals surface area contributed by atoms with Crippen molar-refractivity contribution in [2.75, 3.05) is 13.1 Å². The van der Waals surface area contributed by atoms with Crippen LogP contribution in [0.1, 0.15) is 58.5 Å². The topological polar surface area (TPSA) is 75.0 Å². The molecule has 0 radical (unpaired) electrons. The molecule has 2 aliphatic rings. The average Bonchev–Trinajstić information content (AvgIpc) is 3.25. The summed E-state index contributed by atoms with van der Waals surface area (Å²) in [7, 11) is 0. The molecule has 1 saturated heterocycles. The van der Waals surface area contributed by atoms with E-state index in [0.29, 0.717) is 18.2 Å². The van der Waals surface area contributed by atoms with Crippen LogP contribution in [0.15, 0.2) is 10.7 Å². The Balaban J connectivity index is 1.51. The largest absolute Gasteiger partial charge is 0.360 e. The summed E-state index contributed by atoms with van der Waals surface area (Å²) in [5.41, 5.74) is 2.63. The molecule has 3 heterocycles. The molecule has 4 rings (SSSR count). The molecule has 116 valence electrons. The van der Waals surface area contributed by atoms with Crippen molar-refractivity contribution in [1.29, 1.82) is 0 Å². The Bertz CT molecular complexity index is 703. The van der Waals surface area contributed by atoms with Crippen molar-refractivity contribution in [1.82, 2.24) is 20.0 Å². The van der Waals surface area contributed by atoms with Crippen LogP contribution in [0.3, 0.4) is 0 Å². The lowest BCUT2D eigenvalue weighted by molar-refractivity contribution is 0.0779. The lowest BCUT2D eigenvalue weighted by Crippen LogP contribution is -2.29. The van der Waals surface area contributed by atoms with Gasteiger partial charge < -0.3 is 14.4 Å². The van der Waals surface area contributed by atoms with E-state index in [1.54, 1.807) is 0 Å². The molecule has 0 saturated carbocycles. The fourth-order valence-corrected chi connectivity index (χ4v) is 3.51. The number of aryl methyl sites for hydroxylation is 2. The van der Waals surface area contributed by atoms with E-state index >= 15 is 0 Å². The van der Waals surface area contributed by atoms with Gasteiger partial charge in [-0.3, -0.25) is 4.79 Å². The van der Waals surface area contributed by atoms with Crippen molar-refractivity contribution in [3.05, 3.63) is 34.7 Å². The van der Waals surface area contributed by atoms with Gasteiger partial charge in [-0.1, -0.05) is 5.16 Å². The molecule has 6 heteroatoms. The normalized spacial score (nSPS) is 21.1. The number of rotatable bonds is 2. The lowest BCUT2D eigenvalue weighted by atomic mass is 9.96. The summed E-state index contributed by atoms with van der Waals surface area (Å²) in [6, 6.07) is 0. The average molecular weight is 300 g/mol. The number of imidazole rings is 1. The zero-order valence-electron chi connectivity index (χ0n) is 12.8. The van der Waals surface area contributed by atoms with Crippen molar-refractivity contribution in [2.24, 2.45) is 0 Å². The monoisotopic (exact) mass is 300 g/mol. The van der Waals surface area contributed by atoms with E-state index in [2.05, 4.69) is 15.1 Å². The third-order valence-electron chi connectivity index (χ3n) is 4.74. The molecule has 1 amide bonds. The summed E-state index contributed by atoms with van der Waals surface area (Å²) < 4.78 is 5.37. The first kappa shape index (κ1) is 13.5. The highest BCUT2D eigenvalue weighted by Crippen LogP contribution is 2.29. The maximum atomic E-state index is 12.7. The smallest absolute Gasteiger partial charge is 0.276 e. The van der Waals surface area contributed by atoms with E-state index < -0.39 is 0 Å². The van der Waals surface area contributed by atoms with Crippen LogP contribution in [0, 0.1) is 6.92 Å². The molecule has 1 unspecified atom stereocenters. The van der Waals surface area contributed by atoms with Gasteiger partial charge in [-0.05, 0) is 32.6 Å². The third-order valence-corrected chi connectivity index (χ3v) is 4.74. The fourth-order valence-electron chi connectivity index (χ4n) is 3.51. The van der Waals surface area contributed by atoms with Gasteiger partial charge in [0.1, 0.15) is 11.6 Å². The summed E-state index contributed by atoms with van der Waals surface area (Å²) in [5.74, 6) is 2.19. The number of amides is 1. The van der Waals surface area contributed by atoms with E-state index in [9.17, 15) is 4.79 Å². The molecule has 2 aromatic rings. The number of carbonyl (C=O) groups is 1. The highest BCUT2D eigenvalue weighted by Gasteiger charge is 2.33. The molecule has 2 aromatic heterocycles. The van der Waals surface area contributed by atoms with Crippen LogP contribution in [0.4, 0.5) is 0 Å². The highest BCUT2D eigenvalue weighted by atomic mass is 16.5. The van der Waals surface area contributed by atoms with Gasteiger partial charge in [-0.25, -0.2) is 4.98 Å². The number of likely N-dealkylation sites (tertiary alicyclic amines) is 1. The molecular weight excluding hydrogens is 280 g/mol. The Morgan fingerprint density at radius 2 is 2.27 bits per heavy atom. The third kappa shape index (κ3) is 2.23. The predicted molar refractivity (Wildman–Crippen MR) is 79.7 cm³/mol. The fraction of sp³-hybridized carbons (Fsp3) is 0.562. The number of carbonyl (C=O) groups excluding carboxylic acids is 1. The van der Waals surface area contributed by atoms with Gasteiger partial charge in [0.05, 0.1) is 0 Å². The number of aromatic nitrogens is 3. The van der Waals surface area contributed by atoms with Crippen LogP contribution >= 0.6 is 0 Å². The van der Waals surface area contributed by atoms with Gasteiger partial charge in [0.2, 0.25) is 0 Å². The van der Waals surface area contributed by atoms with Crippen LogP contribution in [0.25, 0.3) is 0 Å². The van der Waals surface area contributed by atoms with Crippen molar-refractivity contribution in [3.63, 3.8) is 0 Å². The summed E-state index contributed by atoms with van der Waals surface area (Å²) >= 11 is 0. The van der Waals surface area contributed by atoms with Crippen LogP contribution in [-0.2, 0) is 12.8 Å². The Morgan fingerprint density at radius 1 is 1.41 bits per heavy atom. The van der Waals surface area contributed by atoms with E-state index in [1.807, 2.05) is 18.0 Å². The number of hydrogen-bond acceptors (Lipinski definition) is 4. The van der Waals surface area contributed by atoms with Gasteiger partial charge in [-0.15, -0.1) is 0 Å². The van der Waals surface area contributed by atoms with E-state index in [-0.39, 0.29) is 5.91 Å². The second-order valence-corrected chi connectivity index (χ2v) is 6.33. The standard InChI is InChI=1S/C16H20N4O2/c1-10-8-17-15(18-10)11-6-7-20(9-11)16(21)14-12-4-2-3-5-13(12)22-19-14/h8,11H,2-7,9H2,1H3,(H,17,18). The molecule has 0 spiro atoms. The number of fused-ring (bicyclic) bond motifs is 1. The highest BCUT2D eigenvalue weighted by molar-refractivity contribution is 5.94. The minimum absolute atomic E-state index is 0.0117. The Morgan fingerprint density at radius 3 is 3.09 bits per heavy atom. The van der Waals surface area contributed by atoms with Crippen LogP contribution in [-0.4, -0.2) is 39.0 Å². The quantitative estimate of drug-likeness (QED) is 0.922. The SMILES string of the molecule is Cc1cnc(C2CCN(C(=O)c3noc4c3CCCC4)C2)[nH]1. The Hall–Kier alpha value is -2.11. The van der Waals surface area contributed by atoms with Gasteiger partial charge in [0, 0.05) is 42.9 Å². The summed E-state index contributed by atoms with van der Waals surface area (Å²) in [5, 5.41) is 4.05. The maximum absolute atomic E-state index is 12.7. The Labute approximate surface area is 128 Å². The number of nitrogens with zero attached hydrogens (tertiary/aromatic N) is 3. The molecule has 22 heavy (non-hydrogen) atoms. The molecule has 1 atom stereocenters. The first-order chi connectivity index (χ1) is 10.7. The zero-order valence-corrected chi connectivity index (χ0v) is 12.8. The molecule has 1 fully saturated rings. The molecule has 1 aliphatic carbocycles. The first-order valence-electron chi connectivity index (χ1n) is 8.00. The molecule has 6 nitrogen and oxygen atoms in total. The van der Waals surface area contributed by atoms with E-state index in [0.717, 1.165) is 61.5 Å². The zero-order chi connectivity index (χ0) is 15.1. The van der Waals surface area contributed by atoms with Crippen molar-refractivity contribution >= 4 is 5.91 Å². The first-order valence-corrected chi connectivity index (χ1v) is 8.00. The summed E-state index contributed by atoms with van der Waals surface area (Å²) in [6.07, 6.45) is 6.84. The van der Waals surface area contributed by atoms with E-state index in [4.69, 9.17) is 4.52 Å². The second-order valence-electron chi connectivity index (χ2n) is 6.33. The number of aromatic amines is 1. The Kier molecular flexibility index (Phi) is 3.24. The van der Waals surface area contributed by atoms with Crippen molar-refractivity contribution in [3.8, 4) is 0 Å². The van der Waals surface area contributed by atoms with E-state index in [1.165, 1.54) is 0 Å². The molecule has 0 bridgehead atoms. The van der Waals surface area contributed by atoms with Gasteiger partial charge >= 0.3 is 0 Å². The molecule has 1 aliphatic heterocycles. The van der Waals surface area contributed by atoms with Crippen LogP contribution in [0.5, 0.6) is 0 Å². The number of H-pyrrole nitrogens is 1. The van der Waals surface area contributed by atoms with Gasteiger partial charge in [0.25, 0.3) is 5.91 Å². The molecular formula is C16H20N4O2. The molecule has 1 N–H and O–H groups in total. The second kappa shape index (κ2) is 5.26. The van der Waals surface area contributed by atoms with Crippen LogP contribution in [0.2, 0.25) is 0 Å². The minimum Gasteiger partial charge on any atom is -0.360 e. The van der Waals surface area contributed by atoms with Crippen molar-refractivity contribution < 1.29 is 9.32 Å². The van der Waals surface area contributed by atoms with Gasteiger partial charge in [-0.2, -0.15) is 0 Å². The molecule has 0 aromatic carbocycles. The lowest BCUT2D eigenvalue weighted by Gasteiger charge is -2.16. The number of nitrogens with one attached hydrogen (secondary N) is 1. The van der Waals surface area contributed by atoms with Crippen molar-refractivity contribution in [2.45, 2.75) is 44.9 Å².